The van der Waals surface area contributed by atoms with Crippen LogP contribution in [0.15, 0.2) is 12.1 Å². The first kappa shape index (κ1) is 15.1. The van der Waals surface area contributed by atoms with Gasteiger partial charge in [0.25, 0.3) is 0 Å². The lowest BCUT2D eigenvalue weighted by Crippen LogP contribution is -2.42. The van der Waals surface area contributed by atoms with Gasteiger partial charge in [-0.25, -0.2) is 18.0 Å². The fraction of sp³-hybridized carbons (Fsp3) is 0.385. The van der Waals surface area contributed by atoms with Crippen molar-refractivity contribution < 1.29 is 27.9 Å². The summed E-state index contributed by atoms with van der Waals surface area (Å²) in [6, 6.07) is 0.234. The van der Waals surface area contributed by atoms with Gasteiger partial charge in [0.15, 0.2) is 11.6 Å². The topological polar surface area (TPSA) is 69.6 Å². The van der Waals surface area contributed by atoms with Crippen LogP contribution in [0.3, 0.4) is 0 Å². The molecule has 0 bridgehead atoms. The van der Waals surface area contributed by atoms with Gasteiger partial charge in [-0.1, -0.05) is 0 Å². The third-order valence-corrected chi connectivity index (χ3v) is 3.38. The van der Waals surface area contributed by atoms with Gasteiger partial charge < -0.3 is 15.3 Å². The molecule has 0 aromatic heterocycles. The first-order chi connectivity index (χ1) is 9.88. The normalized spacial score (nSPS) is 15.9. The summed E-state index contributed by atoms with van der Waals surface area (Å²) >= 11 is 0. The highest BCUT2D eigenvalue weighted by molar-refractivity contribution is 5.89. The van der Waals surface area contributed by atoms with E-state index >= 15 is 0 Å². The van der Waals surface area contributed by atoms with Gasteiger partial charge in [0.2, 0.25) is 0 Å². The van der Waals surface area contributed by atoms with Crippen molar-refractivity contribution in [3.8, 4) is 0 Å². The van der Waals surface area contributed by atoms with E-state index in [-0.39, 0.29) is 13.1 Å². The number of nitrogens with zero attached hydrogens (tertiary/aromatic N) is 1. The second kappa shape index (κ2) is 6.02. The van der Waals surface area contributed by atoms with Gasteiger partial charge >= 0.3 is 12.0 Å². The molecule has 1 aromatic carbocycles. The van der Waals surface area contributed by atoms with Crippen molar-refractivity contribution in [3.05, 3.63) is 29.6 Å². The number of amides is 2. The summed E-state index contributed by atoms with van der Waals surface area (Å²) in [6.07, 6.45) is 0.589. The Morgan fingerprint density at radius 1 is 1.10 bits per heavy atom. The monoisotopic (exact) mass is 302 g/mol. The standard InChI is InChI=1S/C13H13F3N2O3/c14-8-5-10(16)11(6-9(8)15)17-13(21)18-3-1-7(2-4-18)12(19)20/h5-7H,1-4H2,(H,17,21)(H,19,20). The van der Waals surface area contributed by atoms with E-state index < -0.39 is 41.1 Å². The number of carboxylic acids is 1. The van der Waals surface area contributed by atoms with E-state index in [9.17, 15) is 22.8 Å². The Bertz CT molecular complexity index is 572. The average molecular weight is 302 g/mol. The van der Waals surface area contributed by atoms with Gasteiger partial charge in [-0.05, 0) is 12.8 Å². The van der Waals surface area contributed by atoms with Gasteiger partial charge in [-0.15, -0.1) is 0 Å². The molecule has 1 aromatic rings. The lowest BCUT2D eigenvalue weighted by atomic mass is 9.97. The number of anilines is 1. The minimum absolute atomic E-state index is 0.202. The molecule has 114 valence electrons. The van der Waals surface area contributed by atoms with Crippen LogP contribution in [0.5, 0.6) is 0 Å². The maximum Gasteiger partial charge on any atom is 0.321 e. The van der Waals surface area contributed by atoms with E-state index in [1.807, 2.05) is 0 Å². The zero-order valence-electron chi connectivity index (χ0n) is 10.9. The number of carbonyl (C=O) groups is 2. The second-order valence-electron chi connectivity index (χ2n) is 4.78. The van der Waals surface area contributed by atoms with Gasteiger partial charge in [-0.2, -0.15) is 0 Å². The molecule has 0 spiro atoms. The number of urea groups is 1. The summed E-state index contributed by atoms with van der Waals surface area (Å²) in [4.78, 5) is 24.0. The molecule has 8 heteroatoms. The first-order valence-corrected chi connectivity index (χ1v) is 6.31. The SMILES string of the molecule is O=C(O)C1CCN(C(=O)Nc2cc(F)c(F)cc2F)CC1. The molecule has 2 amide bonds. The molecule has 0 radical (unpaired) electrons. The number of hydrogen-bond donors (Lipinski definition) is 2. The van der Waals surface area contributed by atoms with Crippen LogP contribution in [0, 0.1) is 23.4 Å². The molecule has 5 nitrogen and oxygen atoms in total. The third-order valence-electron chi connectivity index (χ3n) is 3.38. The van der Waals surface area contributed by atoms with Crippen molar-refractivity contribution in [1.82, 2.24) is 4.90 Å². The number of carboxylic acid groups (broad SMARTS) is 1. The Hall–Kier alpha value is -2.25. The molecule has 2 N–H and O–H groups in total. The van der Waals surface area contributed by atoms with Crippen molar-refractivity contribution in [2.45, 2.75) is 12.8 Å². The van der Waals surface area contributed by atoms with Crippen molar-refractivity contribution >= 4 is 17.7 Å². The van der Waals surface area contributed by atoms with Crippen LogP contribution >= 0.6 is 0 Å². The van der Waals surface area contributed by atoms with Gasteiger partial charge in [0.1, 0.15) is 5.82 Å². The fourth-order valence-electron chi connectivity index (χ4n) is 2.14. The number of piperidine rings is 1. The van der Waals surface area contributed by atoms with Gasteiger partial charge in [-0.3, -0.25) is 4.79 Å². The smallest absolute Gasteiger partial charge is 0.321 e. The molecule has 1 fully saturated rings. The lowest BCUT2D eigenvalue weighted by Gasteiger charge is -2.30. The summed E-state index contributed by atoms with van der Waals surface area (Å²) in [5, 5.41) is 11.0. The molecule has 1 saturated heterocycles. The van der Waals surface area contributed by atoms with E-state index in [0.717, 1.165) is 0 Å². The number of rotatable bonds is 2. The summed E-state index contributed by atoms with van der Waals surface area (Å²) in [5.74, 6) is -5.11. The molecule has 21 heavy (non-hydrogen) atoms. The zero-order chi connectivity index (χ0) is 15.6. The number of halogens is 3. The van der Waals surface area contributed by atoms with Crippen LogP contribution in [-0.2, 0) is 4.79 Å². The Labute approximate surface area is 118 Å². The zero-order valence-corrected chi connectivity index (χ0v) is 10.9. The van der Waals surface area contributed by atoms with Crippen LogP contribution in [0.1, 0.15) is 12.8 Å². The first-order valence-electron chi connectivity index (χ1n) is 6.31. The maximum atomic E-state index is 13.4. The minimum Gasteiger partial charge on any atom is -0.481 e. The molecule has 1 aliphatic heterocycles. The molecular formula is C13H13F3N2O3. The van der Waals surface area contributed by atoms with Crippen LogP contribution in [-0.4, -0.2) is 35.1 Å². The molecule has 0 unspecified atom stereocenters. The van der Waals surface area contributed by atoms with E-state index in [1.165, 1.54) is 4.90 Å². The molecule has 0 saturated carbocycles. The fourth-order valence-corrected chi connectivity index (χ4v) is 2.14. The number of hydrogen-bond acceptors (Lipinski definition) is 2. The third kappa shape index (κ3) is 3.45. The lowest BCUT2D eigenvalue weighted by molar-refractivity contribution is -0.143. The number of benzene rings is 1. The molecule has 2 rings (SSSR count). The van der Waals surface area contributed by atoms with Crippen molar-refractivity contribution in [2.75, 3.05) is 18.4 Å². The highest BCUT2D eigenvalue weighted by atomic mass is 19.2. The highest BCUT2D eigenvalue weighted by Gasteiger charge is 2.27. The number of likely N-dealkylation sites (tertiary alicyclic amines) is 1. The number of carbonyl (C=O) groups excluding carboxylic acids is 1. The summed E-state index contributed by atoms with van der Waals surface area (Å²) < 4.78 is 39.2. The summed E-state index contributed by atoms with van der Waals surface area (Å²) in [6.45, 7) is 0.405. The quantitative estimate of drug-likeness (QED) is 0.824. The molecule has 0 aliphatic carbocycles. The molecule has 0 atom stereocenters. The second-order valence-corrected chi connectivity index (χ2v) is 4.78. The van der Waals surface area contributed by atoms with Crippen molar-refractivity contribution in [2.24, 2.45) is 5.92 Å². The predicted molar refractivity (Wildman–Crippen MR) is 67.3 cm³/mol. The van der Waals surface area contributed by atoms with Crippen LogP contribution in [0.4, 0.5) is 23.7 Å². The minimum atomic E-state index is -1.34. The molecule has 1 aliphatic rings. The Morgan fingerprint density at radius 3 is 2.24 bits per heavy atom. The Kier molecular flexibility index (Phi) is 4.35. The van der Waals surface area contributed by atoms with Crippen LogP contribution in [0.2, 0.25) is 0 Å². The van der Waals surface area contributed by atoms with Gasteiger partial charge in [0, 0.05) is 25.2 Å². The summed E-state index contributed by atoms with van der Waals surface area (Å²) in [7, 11) is 0. The maximum absolute atomic E-state index is 13.4. The van der Waals surface area contributed by atoms with Crippen molar-refractivity contribution in [3.63, 3.8) is 0 Å². The van der Waals surface area contributed by atoms with E-state index in [2.05, 4.69) is 5.32 Å². The van der Waals surface area contributed by atoms with E-state index in [1.54, 1.807) is 0 Å². The number of nitrogens with one attached hydrogen (secondary N) is 1. The van der Waals surface area contributed by atoms with Crippen LogP contribution in [0.25, 0.3) is 0 Å². The van der Waals surface area contributed by atoms with Gasteiger partial charge in [0.05, 0.1) is 11.6 Å². The number of aliphatic carboxylic acids is 1. The van der Waals surface area contributed by atoms with Crippen molar-refractivity contribution in [1.29, 1.82) is 0 Å². The average Bonchev–Trinajstić information content (AvgIpc) is 2.44. The summed E-state index contributed by atoms with van der Waals surface area (Å²) in [5.41, 5.74) is -0.459. The highest BCUT2D eigenvalue weighted by Crippen LogP contribution is 2.21. The van der Waals surface area contributed by atoms with E-state index in [0.29, 0.717) is 25.0 Å². The Balaban J connectivity index is 2.00. The molecule has 1 heterocycles. The predicted octanol–water partition coefficient (Wildman–Crippen LogP) is 2.43. The van der Waals surface area contributed by atoms with E-state index in [4.69, 9.17) is 5.11 Å². The largest absolute Gasteiger partial charge is 0.481 e. The van der Waals surface area contributed by atoms with Crippen LogP contribution < -0.4 is 5.32 Å². The molecular weight excluding hydrogens is 289 g/mol. The Morgan fingerprint density at radius 2 is 1.67 bits per heavy atom.